The van der Waals surface area contributed by atoms with E-state index in [1.807, 2.05) is 25.1 Å². The van der Waals surface area contributed by atoms with Crippen LogP contribution in [0.2, 0.25) is 5.02 Å². The van der Waals surface area contributed by atoms with E-state index in [-0.39, 0.29) is 18.7 Å². The minimum absolute atomic E-state index is 0.0644. The summed E-state index contributed by atoms with van der Waals surface area (Å²) < 4.78 is 24.4. The highest BCUT2D eigenvalue weighted by molar-refractivity contribution is 6.30. The highest BCUT2D eigenvalue weighted by Gasteiger charge is 2.15. The highest BCUT2D eigenvalue weighted by atomic mass is 35.5. The minimum atomic E-state index is -0.298. The van der Waals surface area contributed by atoms with Gasteiger partial charge in [0.05, 0.1) is 0 Å². The van der Waals surface area contributed by atoms with Gasteiger partial charge < -0.3 is 14.8 Å². The predicted molar refractivity (Wildman–Crippen MR) is 79.2 cm³/mol. The molecule has 1 aliphatic heterocycles. The second-order valence-electron chi connectivity index (χ2n) is 4.95. The van der Waals surface area contributed by atoms with Gasteiger partial charge in [-0.2, -0.15) is 0 Å². The van der Waals surface area contributed by atoms with Crippen molar-refractivity contribution in [3.8, 4) is 11.5 Å². The number of benzene rings is 2. The fraction of sp³-hybridized carbons (Fsp3) is 0.250. The van der Waals surface area contributed by atoms with Crippen molar-refractivity contribution in [1.82, 2.24) is 5.32 Å². The summed E-state index contributed by atoms with van der Waals surface area (Å²) >= 11 is 5.74. The zero-order chi connectivity index (χ0) is 14.8. The first kappa shape index (κ1) is 14.2. The van der Waals surface area contributed by atoms with Crippen LogP contribution < -0.4 is 14.8 Å². The lowest BCUT2D eigenvalue weighted by atomic mass is 10.1. The van der Waals surface area contributed by atoms with E-state index in [1.54, 1.807) is 12.1 Å². The van der Waals surface area contributed by atoms with Crippen molar-refractivity contribution in [2.75, 3.05) is 6.79 Å². The van der Waals surface area contributed by atoms with Crippen LogP contribution in [0.5, 0.6) is 11.5 Å². The standard InChI is InChI=1S/C16H15ClFNO2/c1-10(11-3-5-15-16(6-11)21-9-20-15)19-8-12-2-4-13(17)7-14(12)18/h2-7,10,19H,8-9H2,1H3. The van der Waals surface area contributed by atoms with Crippen molar-refractivity contribution in [1.29, 1.82) is 0 Å². The van der Waals surface area contributed by atoms with E-state index in [0.717, 1.165) is 17.1 Å². The van der Waals surface area contributed by atoms with Crippen LogP contribution in [0.15, 0.2) is 36.4 Å². The average molecular weight is 308 g/mol. The van der Waals surface area contributed by atoms with Gasteiger partial charge in [-0.1, -0.05) is 23.7 Å². The van der Waals surface area contributed by atoms with Crippen molar-refractivity contribution in [2.24, 2.45) is 0 Å². The number of hydrogen-bond donors (Lipinski definition) is 1. The van der Waals surface area contributed by atoms with Gasteiger partial charge in [0.25, 0.3) is 0 Å². The Morgan fingerprint density at radius 2 is 2.00 bits per heavy atom. The number of halogens is 2. The molecule has 110 valence electrons. The van der Waals surface area contributed by atoms with Gasteiger partial charge >= 0.3 is 0 Å². The maximum atomic E-state index is 13.7. The van der Waals surface area contributed by atoms with Crippen LogP contribution in [0.3, 0.4) is 0 Å². The maximum Gasteiger partial charge on any atom is 0.231 e. The molecule has 5 heteroatoms. The first-order valence-corrected chi connectivity index (χ1v) is 7.08. The Morgan fingerprint density at radius 1 is 1.19 bits per heavy atom. The molecule has 1 N–H and O–H groups in total. The maximum absolute atomic E-state index is 13.7. The monoisotopic (exact) mass is 307 g/mol. The van der Waals surface area contributed by atoms with Gasteiger partial charge in [0.15, 0.2) is 11.5 Å². The predicted octanol–water partition coefficient (Wildman–Crippen LogP) is 4.06. The molecule has 1 heterocycles. The van der Waals surface area contributed by atoms with Crippen LogP contribution in [0.4, 0.5) is 4.39 Å². The first-order chi connectivity index (χ1) is 10.1. The number of rotatable bonds is 4. The smallest absolute Gasteiger partial charge is 0.231 e. The van der Waals surface area contributed by atoms with Gasteiger partial charge in [0, 0.05) is 23.2 Å². The first-order valence-electron chi connectivity index (χ1n) is 6.70. The topological polar surface area (TPSA) is 30.5 Å². The fourth-order valence-electron chi connectivity index (χ4n) is 2.23. The van der Waals surface area contributed by atoms with Gasteiger partial charge in [-0.05, 0) is 36.8 Å². The number of nitrogens with one attached hydrogen (secondary N) is 1. The molecule has 0 saturated heterocycles. The molecule has 0 saturated carbocycles. The van der Waals surface area contributed by atoms with Gasteiger partial charge in [0.1, 0.15) is 5.82 Å². The molecular weight excluding hydrogens is 293 g/mol. The van der Waals surface area contributed by atoms with E-state index in [9.17, 15) is 4.39 Å². The Morgan fingerprint density at radius 3 is 2.81 bits per heavy atom. The van der Waals surface area contributed by atoms with E-state index < -0.39 is 0 Å². The van der Waals surface area contributed by atoms with Crippen molar-refractivity contribution in [3.63, 3.8) is 0 Å². The molecule has 1 unspecified atom stereocenters. The zero-order valence-electron chi connectivity index (χ0n) is 11.5. The van der Waals surface area contributed by atoms with Crippen LogP contribution >= 0.6 is 11.6 Å². The van der Waals surface area contributed by atoms with E-state index in [0.29, 0.717) is 17.1 Å². The quantitative estimate of drug-likeness (QED) is 0.924. The third-order valence-electron chi connectivity index (χ3n) is 3.51. The van der Waals surface area contributed by atoms with Gasteiger partial charge in [-0.3, -0.25) is 0 Å². The Hall–Kier alpha value is -1.78. The molecule has 0 bridgehead atoms. The number of fused-ring (bicyclic) bond motifs is 1. The summed E-state index contributed by atoms with van der Waals surface area (Å²) in [5, 5.41) is 3.69. The molecule has 0 aromatic heterocycles. The summed E-state index contributed by atoms with van der Waals surface area (Å²) in [7, 11) is 0. The summed E-state index contributed by atoms with van der Waals surface area (Å²) in [6.45, 7) is 2.71. The molecule has 3 nitrogen and oxygen atoms in total. The largest absolute Gasteiger partial charge is 0.454 e. The SMILES string of the molecule is CC(NCc1ccc(Cl)cc1F)c1ccc2c(c1)OCO2. The van der Waals surface area contributed by atoms with Crippen molar-refractivity contribution in [3.05, 3.63) is 58.4 Å². The molecule has 0 aliphatic carbocycles. The molecular formula is C16H15ClFNO2. The lowest BCUT2D eigenvalue weighted by molar-refractivity contribution is 0.174. The Balaban J connectivity index is 1.67. The zero-order valence-corrected chi connectivity index (χ0v) is 12.3. The Kier molecular flexibility index (Phi) is 3.99. The summed E-state index contributed by atoms with van der Waals surface area (Å²) in [6.07, 6.45) is 0. The second kappa shape index (κ2) is 5.92. The van der Waals surface area contributed by atoms with Crippen molar-refractivity contribution >= 4 is 11.6 Å². The lowest BCUT2D eigenvalue weighted by Crippen LogP contribution is -2.18. The average Bonchev–Trinajstić information content (AvgIpc) is 2.93. The Labute approximate surface area is 127 Å². The Bertz CT molecular complexity index is 663. The molecule has 2 aromatic rings. The van der Waals surface area contributed by atoms with Crippen LogP contribution in [-0.2, 0) is 6.54 Å². The summed E-state index contributed by atoms with van der Waals surface area (Å²) in [6, 6.07) is 10.6. The molecule has 3 rings (SSSR count). The third-order valence-corrected chi connectivity index (χ3v) is 3.75. The third kappa shape index (κ3) is 3.12. The molecule has 1 aliphatic rings. The van der Waals surface area contributed by atoms with Crippen LogP contribution in [0.25, 0.3) is 0 Å². The molecule has 2 aromatic carbocycles. The van der Waals surface area contributed by atoms with Gasteiger partial charge in [-0.15, -0.1) is 0 Å². The van der Waals surface area contributed by atoms with E-state index in [4.69, 9.17) is 21.1 Å². The molecule has 0 radical (unpaired) electrons. The molecule has 1 atom stereocenters. The summed E-state index contributed by atoms with van der Waals surface area (Å²) in [5.74, 6) is 1.21. The second-order valence-corrected chi connectivity index (χ2v) is 5.39. The van der Waals surface area contributed by atoms with Crippen LogP contribution in [-0.4, -0.2) is 6.79 Å². The summed E-state index contributed by atoms with van der Waals surface area (Å²) in [5.41, 5.74) is 1.65. The van der Waals surface area contributed by atoms with Crippen molar-refractivity contribution < 1.29 is 13.9 Å². The highest BCUT2D eigenvalue weighted by Crippen LogP contribution is 2.34. The normalized spacial score (nSPS) is 14.2. The van der Waals surface area contributed by atoms with Gasteiger partial charge in [-0.25, -0.2) is 4.39 Å². The molecule has 0 fully saturated rings. The summed E-state index contributed by atoms with van der Waals surface area (Å²) in [4.78, 5) is 0. The number of hydrogen-bond acceptors (Lipinski definition) is 3. The van der Waals surface area contributed by atoms with Crippen molar-refractivity contribution in [2.45, 2.75) is 19.5 Å². The molecule has 0 spiro atoms. The lowest BCUT2D eigenvalue weighted by Gasteiger charge is -2.15. The molecule has 21 heavy (non-hydrogen) atoms. The fourth-order valence-corrected chi connectivity index (χ4v) is 2.39. The van der Waals surface area contributed by atoms with Crippen LogP contribution in [0.1, 0.15) is 24.1 Å². The molecule has 0 amide bonds. The van der Waals surface area contributed by atoms with E-state index in [1.165, 1.54) is 6.07 Å². The van der Waals surface area contributed by atoms with E-state index >= 15 is 0 Å². The minimum Gasteiger partial charge on any atom is -0.454 e. The van der Waals surface area contributed by atoms with E-state index in [2.05, 4.69) is 5.32 Å². The number of ether oxygens (including phenoxy) is 2. The van der Waals surface area contributed by atoms with Gasteiger partial charge in [0.2, 0.25) is 6.79 Å². The van der Waals surface area contributed by atoms with Crippen LogP contribution in [0, 0.1) is 5.82 Å².